The number of aromatic nitrogens is 1. The lowest BCUT2D eigenvalue weighted by atomic mass is 10.0. The quantitative estimate of drug-likeness (QED) is 0.278. The van der Waals surface area contributed by atoms with Gasteiger partial charge in [-0.3, -0.25) is 14.9 Å². The maximum absolute atomic E-state index is 13.7. The van der Waals surface area contributed by atoms with E-state index in [4.69, 9.17) is 4.74 Å². The Morgan fingerprint density at radius 2 is 1.69 bits per heavy atom. The summed E-state index contributed by atoms with van der Waals surface area (Å²) in [6.45, 7) is 3.46. The van der Waals surface area contributed by atoms with Gasteiger partial charge in [0.1, 0.15) is 5.75 Å². The van der Waals surface area contributed by atoms with Gasteiger partial charge in [-0.15, -0.1) is 0 Å². The van der Waals surface area contributed by atoms with Crippen LogP contribution in [0.2, 0.25) is 0 Å². The predicted molar refractivity (Wildman–Crippen MR) is 137 cm³/mol. The number of benzene rings is 3. The van der Waals surface area contributed by atoms with Crippen LogP contribution in [-0.4, -0.2) is 29.7 Å². The van der Waals surface area contributed by atoms with Gasteiger partial charge in [0.15, 0.2) is 4.90 Å². The monoisotopic (exact) mass is 507 g/mol. The molecule has 186 valence electrons. The Kier molecular flexibility index (Phi) is 6.91. The van der Waals surface area contributed by atoms with Crippen LogP contribution >= 0.6 is 0 Å². The Morgan fingerprint density at radius 1 is 1.00 bits per heavy atom. The highest BCUT2D eigenvalue weighted by Crippen LogP contribution is 2.29. The number of sulfonamides is 1. The highest BCUT2D eigenvalue weighted by Gasteiger charge is 2.32. The second-order valence-corrected chi connectivity index (χ2v) is 10.3. The zero-order valence-corrected chi connectivity index (χ0v) is 20.8. The number of aryl methyl sites for hydroxylation is 2. The van der Waals surface area contributed by atoms with Crippen molar-refractivity contribution < 1.29 is 18.1 Å². The number of nitrogens with zero attached hydrogens (tertiary/aromatic N) is 2. The topological polar surface area (TPSA) is 123 Å². The number of H-pyrrole nitrogens is 1. The van der Waals surface area contributed by atoms with E-state index in [1.807, 2.05) is 26.0 Å². The van der Waals surface area contributed by atoms with Crippen molar-refractivity contribution >= 4 is 26.6 Å². The molecule has 0 unspecified atom stereocenters. The zero-order chi connectivity index (χ0) is 26.0. The number of pyridine rings is 1. The van der Waals surface area contributed by atoms with E-state index < -0.39 is 31.1 Å². The minimum Gasteiger partial charge on any atom is -0.497 e. The molecular formula is C26H25N3O6S. The molecule has 0 spiro atoms. The molecular weight excluding hydrogens is 482 g/mol. The summed E-state index contributed by atoms with van der Waals surface area (Å²) in [4.78, 5) is 26.3. The molecule has 0 saturated carbocycles. The molecule has 0 aliphatic rings. The Hall–Kier alpha value is -4.02. The molecule has 10 heteroatoms. The molecule has 4 rings (SSSR count). The third-order valence-electron chi connectivity index (χ3n) is 6.17. The van der Waals surface area contributed by atoms with E-state index in [9.17, 15) is 23.3 Å². The average Bonchev–Trinajstić information content (AvgIpc) is 2.87. The Morgan fingerprint density at radius 3 is 2.36 bits per heavy atom. The summed E-state index contributed by atoms with van der Waals surface area (Å²) >= 11 is 0. The van der Waals surface area contributed by atoms with E-state index in [1.165, 1.54) is 25.3 Å². The van der Waals surface area contributed by atoms with Gasteiger partial charge in [-0.2, -0.15) is 4.31 Å². The fourth-order valence-electron chi connectivity index (χ4n) is 4.00. The lowest BCUT2D eigenvalue weighted by Gasteiger charge is -2.22. The van der Waals surface area contributed by atoms with E-state index in [0.29, 0.717) is 16.8 Å². The number of aromatic amines is 1. The first-order chi connectivity index (χ1) is 17.1. The number of hydrogen-bond donors (Lipinski definition) is 1. The third kappa shape index (κ3) is 4.86. The van der Waals surface area contributed by atoms with Crippen LogP contribution in [-0.2, 0) is 23.1 Å². The number of nitro benzene ring substituents is 1. The smallest absolute Gasteiger partial charge is 0.289 e. The second kappa shape index (κ2) is 9.92. The molecule has 0 fully saturated rings. The third-order valence-corrected chi connectivity index (χ3v) is 8.01. The van der Waals surface area contributed by atoms with Gasteiger partial charge in [0, 0.05) is 24.7 Å². The summed E-state index contributed by atoms with van der Waals surface area (Å²) in [5.74, 6) is 0.600. The van der Waals surface area contributed by atoms with Crippen molar-refractivity contribution in [2.24, 2.45) is 0 Å². The van der Waals surface area contributed by atoms with E-state index >= 15 is 0 Å². The van der Waals surface area contributed by atoms with Crippen LogP contribution in [0.1, 0.15) is 22.3 Å². The molecule has 1 heterocycles. The normalized spacial score (nSPS) is 11.7. The van der Waals surface area contributed by atoms with Crippen LogP contribution in [0, 0.1) is 24.0 Å². The lowest BCUT2D eigenvalue weighted by Crippen LogP contribution is -2.33. The average molecular weight is 508 g/mol. The van der Waals surface area contributed by atoms with Gasteiger partial charge < -0.3 is 9.72 Å². The maximum atomic E-state index is 13.7. The number of fused-ring (bicyclic) bond motifs is 1. The van der Waals surface area contributed by atoms with Gasteiger partial charge >= 0.3 is 0 Å². The summed E-state index contributed by atoms with van der Waals surface area (Å²) in [7, 11) is -2.84. The molecule has 0 saturated heterocycles. The fraction of sp³-hybridized carbons (Fsp3) is 0.192. The number of rotatable bonds is 8. The van der Waals surface area contributed by atoms with Crippen LogP contribution < -0.4 is 10.3 Å². The fourth-order valence-corrected chi connectivity index (χ4v) is 5.57. The van der Waals surface area contributed by atoms with Crippen molar-refractivity contribution in [2.75, 3.05) is 7.11 Å². The highest BCUT2D eigenvalue weighted by molar-refractivity contribution is 7.89. The van der Waals surface area contributed by atoms with Gasteiger partial charge in [-0.25, -0.2) is 8.42 Å². The second-order valence-electron chi connectivity index (χ2n) is 8.44. The highest BCUT2D eigenvalue weighted by atomic mass is 32.2. The van der Waals surface area contributed by atoms with E-state index in [-0.39, 0.29) is 18.7 Å². The largest absolute Gasteiger partial charge is 0.497 e. The molecule has 0 amide bonds. The van der Waals surface area contributed by atoms with Crippen LogP contribution in [0.15, 0.2) is 76.4 Å². The van der Waals surface area contributed by atoms with E-state index in [2.05, 4.69) is 4.98 Å². The Bertz CT molecular complexity index is 1610. The summed E-state index contributed by atoms with van der Waals surface area (Å²) in [5.41, 5.74) is 2.53. The van der Waals surface area contributed by atoms with Crippen LogP contribution in [0.25, 0.3) is 10.9 Å². The zero-order valence-electron chi connectivity index (χ0n) is 20.0. The summed E-state index contributed by atoms with van der Waals surface area (Å²) in [5, 5.41) is 12.4. The molecule has 1 aromatic heterocycles. The molecule has 36 heavy (non-hydrogen) atoms. The molecule has 0 radical (unpaired) electrons. The summed E-state index contributed by atoms with van der Waals surface area (Å²) in [6.07, 6.45) is 0. The van der Waals surface area contributed by atoms with Gasteiger partial charge in [-0.1, -0.05) is 36.4 Å². The van der Waals surface area contributed by atoms with Gasteiger partial charge in [0.25, 0.3) is 21.3 Å². The molecule has 4 aromatic rings. The summed E-state index contributed by atoms with van der Waals surface area (Å²) < 4.78 is 33.7. The molecule has 0 bridgehead atoms. The predicted octanol–water partition coefficient (Wildman–Crippen LogP) is 4.45. The Balaban J connectivity index is 1.82. The first-order valence-electron chi connectivity index (χ1n) is 11.1. The molecule has 3 aromatic carbocycles. The number of para-hydroxylation sites is 1. The molecule has 0 aliphatic carbocycles. The van der Waals surface area contributed by atoms with Crippen molar-refractivity contribution in [3.8, 4) is 5.75 Å². The van der Waals surface area contributed by atoms with E-state index in [1.54, 1.807) is 30.3 Å². The number of ether oxygens (including phenoxy) is 1. The number of nitro groups is 1. The standard InChI is InChI=1S/C26H25N3O6S/c1-17-8-11-20-14-21(26(30)27-25(20)18(17)2)16-28(15-19-9-12-22(35-3)13-10-19)36(33,34)24-7-5-4-6-23(24)29(31)32/h4-14H,15-16H2,1-3H3,(H,27,30). The number of nitrogens with one attached hydrogen (secondary N) is 1. The van der Waals surface area contributed by atoms with Crippen molar-refractivity contribution in [1.82, 2.24) is 9.29 Å². The van der Waals surface area contributed by atoms with Crippen molar-refractivity contribution in [3.63, 3.8) is 0 Å². The minimum absolute atomic E-state index is 0.108. The maximum Gasteiger partial charge on any atom is 0.289 e. The van der Waals surface area contributed by atoms with Crippen LogP contribution in [0.3, 0.4) is 0 Å². The van der Waals surface area contributed by atoms with Crippen LogP contribution in [0.5, 0.6) is 5.75 Å². The van der Waals surface area contributed by atoms with E-state index in [0.717, 1.165) is 26.9 Å². The molecule has 0 atom stereocenters. The van der Waals surface area contributed by atoms with Crippen molar-refractivity contribution in [3.05, 3.63) is 109 Å². The lowest BCUT2D eigenvalue weighted by molar-refractivity contribution is -0.387. The molecule has 1 N–H and O–H groups in total. The van der Waals surface area contributed by atoms with Gasteiger partial charge in [-0.05, 0) is 60.2 Å². The van der Waals surface area contributed by atoms with Gasteiger partial charge in [0.05, 0.1) is 17.5 Å². The summed E-state index contributed by atoms with van der Waals surface area (Å²) in [6, 6.07) is 17.4. The molecule has 9 nitrogen and oxygen atoms in total. The first-order valence-corrected chi connectivity index (χ1v) is 12.5. The minimum atomic E-state index is -4.37. The van der Waals surface area contributed by atoms with Crippen LogP contribution in [0.4, 0.5) is 5.69 Å². The number of hydrogen-bond acceptors (Lipinski definition) is 6. The number of methoxy groups -OCH3 is 1. The van der Waals surface area contributed by atoms with Crippen molar-refractivity contribution in [1.29, 1.82) is 0 Å². The van der Waals surface area contributed by atoms with Crippen molar-refractivity contribution in [2.45, 2.75) is 31.8 Å². The van der Waals surface area contributed by atoms with Gasteiger partial charge in [0.2, 0.25) is 0 Å². The Labute approximate surface area is 208 Å². The molecule has 0 aliphatic heterocycles. The first kappa shape index (κ1) is 25.1. The SMILES string of the molecule is COc1ccc(CN(Cc2cc3ccc(C)c(C)c3[nH]c2=O)S(=O)(=O)c2ccccc2[N+](=O)[O-])cc1.